The average molecular weight is 277 g/mol. The molecule has 0 unspecified atom stereocenters. The Morgan fingerprint density at radius 1 is 1.40 bits per heavy atom. The molecule has 2 rings (SSSR count). The Bertz CT molecular complexity index is 511. The zero-order valence-electron chi connectivity index (χ0n) is 11.8. The van der Waals surface area contributed by atoms with E-state index < -0.39 is 0 Å². The van der Waals surface area contributed by atoms with Gasteiger partial charge in [0.1, 0.15) is 12.4 Å². The number of carbonyl (C=O) groups excluding carboxylic acids is 1. The first-order chi connectivity index (χ1) is 9.70. The summed E-state index contributed by atoms with van der Waals surface area (Å²) in [5.74, 6) is 2.06. The highest BCUT2D eigenvalue weighted by atomic mass is 16.7. The summed E-state index contributed by atoms with van der Waals surface area (Å²) in [6.07, 6.45) is 2.75. The van der Waals surface area contributed by atoms with E-state index in [0.29, 0.717) is 24.7 Å². The molecule has 0 aromatic heterocycles. The molecule has 0 radical (unpaired) electrons. The molecule has 5 nitrogen and oxygen atoms in total. The molecule has 0 saturated carbocycles. The molecule has 0 atom stereocenters. The van der Waals surface area contributed by atoms with Crippen LogP contribution in [0.5, 0.6) is 17.2 Å². The Labute approximate surface area is 118 Å². The van der Waals surface area contributed by atoms with E-state index in [1.165, 1.54) is 0 Å². The number of amides is 1. The van der Waals surface area contributed by atoms with Crippen LogP contribution in [0, 0.1) is 0 Å². The van der Waals surface area contributed by atoms with Gasteiger partial charge in [0.15, 0.2) is 11.5 Å². The minimum atomic E-state index is -0.0545. The van der Waals surface area contributed by atoms with Crippen molar-refractivity contribution >= 4 is 5.91 Å². The summed E-state index contributed by atoms with van der Waals surface area (Å²) in [6.45, 7) is 4.92. The van der Waals surface area contributed by atoms with Gasteiger partial charge in [-0.2, -0.15) is 0 Å². The van der Waals surface area contributed by atoms with E-state index in [-0.39, 0.29) is 12.7 Å². The maximum atomic E-state index is 11.6. The second-order valence-corrected chi connectivity index (χ2v) is 4.41. The highest BCUT2D eigenvalue weighted by Gasteiger charge is 2.13. The number of carbonyl (C=O) groups is 1. The largest absolute Gasteiger partial charge is 0.492 e. The van der Waals surface area contributed by atoms with Gasteiger partial charge >= 0.3 is 0 Å². The molecular weight excluding hydrogens is 258 g/mol. The van der Waals surface area contributed by atoms with Crippen molar-refractivity contribution in [2.45, 2.75) is 20.3 Å². The summed E-state index contributed by atoms with van der Waals surface area (Å²) in [7, 11) is 0. The standard InChI is InChI=1S/C15H19NO4/c1-3-4-11(2)15(17)16-7-8-18-12-5-6-13-14(9-12)20-10-19-13/h4-6,9H,3,7-8,10H2,1-2H3,(H,16,17). The van der Waals surface area contributed by atoms with E-state index in [9.17, 15) is 4.79 Å². The highest BCUT2D eigenvalue weighted by Crippen LogP contribution is 2.34. The van der Waals surface area contributed by atoms with Crippen molar-refractivity contribution in [2.24, 2.45) is 0 Å². The van der Waals surface area contributed by atoms with E-state index >= 15 is 0 Å². The summed E-state index contributed by atoms with van der Waals surface area (Å²) in [6, 6.07) is 5.41. The van der Waals surface area contributed by atoms with Crippen molar-refractivity contribution in [3.8, 4) is 17.2 Å². The van der Waals surface area contributed by atoms with Gasteiger partial charge in [-0.3, -0.25) is 4.79 Å². The number of nitrogens with one attached hydrogen (secondary N) is 1. The van der Waals surface area contributed by atoms with Gasteiger partial charge in [0.25, 0.3) is 0 Å². The van der Waals surface area contributed by atoms with Gasteiger partial charge in [0.2, 0.25) is 12.7 Å². The molecular formula is C15H19NO4. The smallest absolute Gasteiger partial charge is 0.246 e. The number of rotatable bonds is 6. The third kappa shape index (κ3) is 3.66. The molecule has 20 heavy (non-hydrogen) atoms. The second kappa shape index (κ2) is 6.84. The average Bonchev–Trinajstić information content (AvgIpc) is 2.91. The molecule has 0 aliphatic carbocycles. The number of benzene rings is 1. The van der Waals surface area contributed by atoms with Gasteiger partial charge in [-0.25, -0.2) is 0 Å². The fourth-order valence-electron chi connectivity index (χ4n) is 1.84. The van der Waals surface area contributed by atoms with Crippen molar-refractivity contribution in [3.63, 3.8) is 0 Å². The zero-order chi connectivity index (χ0) is 14.4. The number of fused-ring (bicyclic) bond motifs is 1. The topological polar surface area (TPSA) is 56.8 Å². The number of allylic oxidation sites excluding steroid dienone is 1. The Hall–Kier alpha value is -2.17. The maximum absolute atomic E-state index is 11.6. The molecule has 1 aromatic rings. The van der Waals surface area contributed by atoms with Gasteiger partial charge in [0.05, 0.1) is 6.54 Å². The van der Waals surface area contributed by atoms with Gasteiger partial charge in [-0.05, 0) is 25.5 Å². The Morgan fingerprint density at radius 2 is 2.20 bits per heavy atom. The van der Waals surface area contributed by atoms with Crippen LogP contribution in [0.3, 0.4) is 0 Å². The summed E-state index contributed by atoms with van der Waals surface area (Å²) in [4.78, 5) is 11.6. The normalized spacial score (nSPS) is 13.2. The van der Waals surface area contributed by atoms with E-state index in [0.717, 1.165) is 17.7 Å². The van der Waals surface area contributed by atoms with Crippen molar-refractivity contribution in [2.75, 3.05) is 19.9 Å². The van der Waals surface area contributed by atoms with Crippen LogP contribution < -0.4 is 19.5 Å². The summed E-state index contributed by atoms with van der Waals surface area (Å²) in [5.41, 5.74) is 0.732. The van der Waals surface area contributed by atoms with Crippen LogP contribution in [0.2, 0.25) is 0 Å². The van der Waals surface area contributed by atoms with Gasteiger partial charge < -0.3 is 19.5 Å². The van der Waals surface area contributed by atoms with Crippen LogP contribution in [0.1, 0.15) is 20.3 Å². The van der Waals surface area contributed by atoms with E-state index in [1.807, 2.05) is 25.1 Å². The van der Waals surface area contributed by atoms with Gasteiger partial charge in [-0.15, -0.1) is 0 Å². The Morgan fingerprint density at radius 3 is 3.00 bits per heavy atom. The lowest BCUT2D eigenvalue weighted by molar-refractivity contribution is -0.117. The van der Waals surface area contributed by atoms with E-state index in [2.05, 4.69) is 5.32 Å². The van der Waals surface area contributed by atoms with Crippen LogP contribution in [0.4, 0.5) is 0 Å². The third-order valence-electron chi connectivity index (χ3n) is 2.87. The molecule has 5 heteroatoms. The predicted molar refractivity (Wildman–Crippen MR) is 75.1 cm³/mol. The van der Waals surface area contributed by atoms with Gasteiger partial charge in [-0.1, -0.05) is 13.0 Å². The predicted octanol–water partition coefficient (Wildman–Crippen LogP) is 2.27. The fourth-order valence-corrected chi connectivity index (χ4v) is 1.84. The third-order valence-corrected chi connectivity index (χ3v) is 2.87. The van der Waals surface area contributed by atoms with Crippen LogP contribution in [-0.2, 0) is 4.79 Å². The van der Waals surface area contributed by atoms with Crippen LogP contribution in [-0.4, -0.2) is 25.9 Å². The molecule has 1 N–H and O–H groups in total. The highest BCUT2D eigenvalue weighted by molar-refractivity contribution is 5.92. The van der Waals surface area contributed by atoms with Gasteiger partial charge in [0, 0.05) is 11.6 Å². The summed E-state index contributed by atoms with van der Waals surface area (Å²) < 4.78 is 16.0. The maximum Gasteiger partial charge on any atom is 0.246 e. The lowest BCUT2D eigenvalue weighted by Crippen LogP contribution is -2.28. The molecule has 108 valence electrons. The first kappa shape index (κ1) is 14.2. The first-order valence-corrected chi connectivity index (χ1v) is 6.68. The van der Waals surface area contributed by atoms with Crippen molar-refractivity contribution in [1.82, 2.24) is 5.32 Å². The van der Waals surface area contributed by atoms with Crippen LogP contribution in [0.15, 0.2) is 29.8 Å². The monoisotopic (exact) mass is 277 g/mol. The number of hydrogen-bond donors (Lipinski definition) is 1. The van der Waals surface area contributed by atoms with E-state index in [4.69, 9.17) is 14.2 Å². The number of ether oxygens (including phenoxy) is 3. The summed E-state index contributed by atoms with van der Waals surface area (Å²) >= 11 is 0. The van der Waals surface area contributed by atoms with Crippen LogP contribution in [0.25, 0.3) is 0 Å². The van der Waals surface area contributed by atoms with Crippen LogP contribution >= 0.6 is 0 Å². The molecule has 1 aliphatic rings. The molecule has 0 spiro atoms. The molecule has 1 aromatic carbocycles. The van der Waals surface area contributed by atoms with Crippen molar-refractivity contribution < 1.29 is 19.0 Å². The molecule has 0 saturated heterocycles. The molecule has 0 bridgehead atoms. The lowest BCUT2D eigenvalue weighted by Gasteiger charge is -2.08. The zero-order valence-corrected chi connectivity index (χ0v) is 11.8. The summed E-state index contributed by atoms with van der Waals surface area (Å²) in [5, 5.41) is 2.80. The van der Waals surface area contributed by atoms with E-state index in [1.54, 1.807) is 13.0 Å². The fraction of sp³-hybridized carbons (Fsp3) is 0.400. The lowest BCUT2D eigenvalue weighted by atomic mass is 10.2. The first-order valence-electron chi connectivity index (χ1n) is 6.68. The minimum absolute atomic E-state index is 0.0545. The molecule has 1 heterocycles. The second-order valence-electron chi connectivity index (χ2n) is 4.41. The minimum Gasteiger partial charge on any atom is -0.492 e. The van der Waals surface area contributed by atoms with Crippen molar-refractivity contribution in [3.05, 3.63) is 29.8 Å². The quantitative estimate of drug-likeness (QED) is 0.640. The van der Waals surface area contributed by atoms with Crippen molar-refractivity contribution in [1.29, 1.82) is 0 Å². The molecule has 1 amide bonds. The molecule has 1 aliphatic heterocycles. The Kier molecular flexibility index (Phi) is 4.87. The SMILES string of the molecule is CCC=C(C)C(=O)NCCOc1ccc2c(c1)OCO2. The molecule has 0 fully saturated rings. The Balaban J connectivity index is 1.74. The number of hydrogen-bond acceptors (Lipinski definition) is 4.